The van der Waals surface area contributed by atoms with Crippen molar-refractivity contribution in [3.8, 4) is 0 Å². The van der Waals surface area contributed by atoms with Crippen molar-refractivity contribution in [2.75, 3.05) is 0 Å². The van der Waals surface area contributed by atoms with Crippen LogP contribution in [0.5, 0.6) is 0 Å². The van der Waals surface area contributed by atoms with Gasteiger partial charge in [0.25, 0.3) is 0 Å². The maximum Gasteiger partial charge on any atom is 0.217 e. The van der Waals surface area contributed by atoms with Gasteiger partial charge in [-0.15, -0.1) is 0 Å². The minimum absolute atomic E-state index is 0.0269. The van der Waals surface area contributed by atoms with Crippen LogP contribution in [0.4, 0.5) is 0 Å². The number of allylic oxidation sites excluding steroid dienone is 2. The van der Waals surface area contributed by atoms with Gasteiger partial charge in [0.05, 0.1) is 6.04 Å². The predicted octanol–water partition coefficient (Wildman–Crippen LogP) is 3.20. The summed E-state index contributed by atoms with van der Waals surface area (Å²) in [6.45, 7) is 12.0. The van der Waals surface area contributed by atoms with Crippen LogP contribution in [0.2, 0.25) is 0 Å². The average Bonchev–Trinajstić information content (AvgIpc) is 2.00. The first kappa shape index (κ1) is 13.9. The average molecular weight is 209 g/mol. The molecule has 0 radical (unpaired) electrons. The molecule has 0 aromatic heterocycles. The number of nitrogens with one attached hydrogen (secondary N) is 1. The lowest BCUT2D eigenvalue weighted by molar-refractivity contribution is -0.119. The summed E-state index contributed by atoms with van der Waals surface area (Å²) in [4.78, 5) is 11.0. The lowest BCUT2D eigenvalue weighted by Gasteiger charge is -2.16. The van der Waals surface area contributed by atoms with Crippen molar-refractivity contribution in [1.29, 1.82) is 0 Å². The Labute approximate surface area is 93.5 Å². The van der Waals surface area contributed by atoms with Crippen LogP contribution in [0.3, 0.4) is 0 Å². The molecule has 0 rings (SSSR count). The monoisotopic (exact) mass is 209 g/mol. The predicted molar refractivity (Wildman–Crippen MR) is 65.7 cm³/mol. The van der Waals surface area contributed by atoms with Gasteiger partial charge in [0.1, 0.15) is 0 Å². The number of carbonyl (C=O) groups excluding carboxylic acids is 1. The highest BCUT2D eigenvalue weighted by Gasteiger charge is 2.07. The van der Waals surface area contributed by atoms with Crippen molar-refractivity contribution in [3.63, 3.8) is 0 Å². The third kappa shape index (κ3) is 6.95. The minimum atomic E-state index is 0.0269. The molecule has 1 atom stereocenters. The van der Waals surface area contributed by atoms with E-state index in [0.717, 1.165) is 6.42 Å². The second kappa shape index (κ2) is 6.44. The molecule has 0 bridgehead atoms. The van der Waals surface area contributed by atoms with E-state index in [0.29, 0.717) is 0 Å². The van der Waals surface area contributed by atoms with Gasteiger partial charge in [0.15, 0.2) is 0 Å². The van der Waals surface area contributed by atoms with Crippen molar-refractivity contribution in [2.24, 2.45) is 0 Å². The molecular formula is C13H23NO. The Hall–Kier alpha value is -1.05. The Morgan fingerprint density at radius 1 is 1.13 bits per heavy atom. The van der Waals surface area contributed by atoms with Crippen LogP contribution in [0.15, 0.2) is 22.8 Å². The smallest absolute Gasteiger partial charge is 0.217 e. The van der Waals surface area contributed by atoms with Crippen LogP contribution >= 0.6 is 0 Å². The van der Waals surface area contributed by atoms with E-state index in [2.05, 4.69) is 32.2 Å². The maximum absolute atomic E-state index is 11.0. The molecule has 0 aliphatic rings. The van der Waals surface area contributed by atoms with E-state index in [-0.39, 0.29) is 11.9 Å². The van der Waals surface area contributed by atoms with Gasteiger partial charge >= 0.3 is 0 Å². The van der Waals surface area contributed by atoms with Gasteiger partial charge < -0.3 is 5.32 Å². The molecule has 1 unspecified atom stereocenters. The first-order valence-corrected chi connectivity index (χ1v) is 5.38. The summed E-state index contributed by atoms with van der Waals surface area (Å²) >= 11 is 0. The van der Waals surface area contributed by atoms with Crippen molar-refractivity contribution >= 4 is 5.91 Å². The highest BCUT2D eigenvalue weighted by molar-refractivity contribution is 5.73. The molecule has 1 N–H and O–H groups in total. The van der Waals surface area contributed by atoms with Crippen LogP contribution in [0.1, 0.15) is 48.0 Å². The summed E-state index contributed by atoms with van der Waals surface area (Å²) < 4.78 is 0. The fourth-order valence-electron chi connectivity index (χ4n) is 1.35. The number of amides is 1. The zero-order chi connectivity index (χ0) is 12.0. The lowest BCUT2D eigenvalue weighted by Crippen LogP contribution is -2.31. The Morgan fingerprint density at radius 2 is 1.67 bits per heavy atom. The van der Waals surface area contributed by atoms with Crippen molar-refractivity contribution in [3.05, 3.63) is 22.8 Å². The van der Waals surface area contributed by atoms with E-state index in [1.54, 1.807) is 6.92 Å². The molecule has 0 saturated carbocycles. The molecule has 0 aromatic rings. The zero-order valence-corrected chi connectivity index (χ0v) is 10.8. The van der Waals surface area contributed by atoms with E-state index in [1.807, 2.05) is 13.8 Å². The normalized spacial score (nSPS) is 11.6. The summed E-state index contributed by atoms with van der Waals surface area (Å²) in [6.07, 6.45) is 3.00. The molecule has 0 aromatic carbocycles. The number of carbonyl (C=O) groups is 1. The summed E-state index contributed by atoms with van der Waals surface area (Å²) in [7, 11) is 0. The molecule has 15 heavy (non-hydrogen) atoms. The zero-order valence-electron chi connectivity index (χ0n) is 10.8. The first-order chi connectivity index (χ1) is 6.82. The Bertz CT molecular complexity index is 279. The van der Waals surface area contributed by atoms with Crippen LogP contribution < -0.4 is 5.32 Å². The fraction of sp³-hybridized carbons (Fsp3) is 0.615. The van der Waals surface area contributed by atoms with E-state index in [4.69, 9.17) is 0 Å². The van der Waals surface area contributed by atoms with Gasteiger partial charge in [-0.3, -0.25) is 4.79 Å². The van der Waals surface area contributed by atoms with Gasteiger partial charge in [-0.25, -0.2) is 0 Å². The van der Waals surface area contributed by atoms with Gasteiger partial charge in [0.2, 0.25) is 5.91 Å². The fourth-order valence-corrected chi connectivity index (χ4v) is 1.35. The van der Waals surface area contributed by atoms with Gasteiger partial charge in [-0.1, -0.05) is 22.8 Å². The van der Waals surface area contributed by atoms with E-state index in [1.165, 1.54) is 16.7 Å². The van der Waals surface area contributed by atoms with E-state index >= 15 is 0 Å². The Kier molecular flexibility index (Phi) is 5.99. The molecule has 2 nitrogen and oxygen atoms in total. The van der Waals surface area contributed by atoms with Crippen LogP contribution in [-0.2, 0) is 4.79 Å². The highest BCUT2D eigenvalue weighted by Crippen LogP contribution is 2.12. The van der Waals surface area contributed by atoms with Gasteiger partial charge in [-0.2, -0.15) is 0 Å². The molecule has 0 aliphatic carbocycles. The van der Waals surface area contributed by atoms with Crippen molar-refractivity contribution in [2.45, 2.75) is 54.0 Å². The molecular weight excluding hydrogens is 186 g/mol. The number of rotatable bonds is 4. The van der Waals surface area contributed by atoms with E-state index in [9.17, 15) is 4.79 Å². The molecule has 0 aliphatic heterocycles. The largest absolute Gasteiger partial charge is 0.350 e. The standard InChI is InChI=1S/C13H23NO/c1-9(2)7-13(14-12(6)15)8-11(5)10(3)4/h7,13H,8H2,1-6H3,(H,14,15). The summed E-state index contributed by atoms with van der Waals surface area (Å²) in [5.41, 5.74) is 3.90. The second-order valence-corrected chi connectivity index (χ2v) is 4.54. The summed E-state index contributed by atoms with van der Waals surface area (Å²) in [5, 5.41) is 2.95. The maximum atomic E-state index is 11.0. The Balaban J connectivity index is 4.59. The SMILES string of the molecule is CC(=O)NC(C=C(C)C)CC(C)=C(C)C. The summed E-state index contributed by atoms with van der Waals surface area (Å²) in [5.74, 6) is 0.0269. The van der Waals surface area contributed by atoms with Gasteiger partial charge in [-0.05, 0) is 41.0 Å². The third-order valence-corrected chi connectivity index (χ3v) is 2.30. The third-order valence-electron chi connectivity index (χ3n) is 2.30. The molecule has 0 saturated heterocycles. The molecule has 2 heteroatoms. The molecule has 86 valence electrons. The van der Waals surface area contributed by atoms with Crippen LogP contribution in [0.25, 0.3) is 0 Å². The second-order valence-electron chi connectivity index (χ2n) is 4.54. The van der Waals surface area contributed by atoms with Crippen molar-refractivity contribution in [1.82, 2.24) is 5.32 Å². The number of hydrogen-bond acceptors (Lipinski definition) is 1. The molecule has 1 amide bonds. The van der Waals surface area contributed by atoms with E-state index < -0.39 is 0 Å². The highest BCUT2D eigenvalue weighted by atomic mass is 16.1. The first-order valence-electron chi connectivity index (χ1n) is 5.38. The molecule has 0 spiro atoms. The Morgan fingerprint density at radius 3 is 2.00 bits per heavy atom. The minimum Gasteiger partial charge on any atom is -0.350 e. The van der Waals surface area contributed by atoms with Crippen molar-refractivity contribution < 1.29 is 4.79 Å². The summed E-state index contributed by atoms with van der Waals surface area (Å²) in [6, 6.07) is 0.127. The number of hydrogen-bond donors (Lipinski definition) is 1. The lowest BCUT2D eigenvalue weighted by atomic mass is 10.0. The van der Waals surface area contributed by atoms with Gasteiger partial charge in [0, 0.05) is 6.92 Å². The van der Waals surface area contributed by atoms with Crippen LogP contribution in [0, 0.1) is 0 Å². The van der Waals surface area contributed by atoms with Crippen LogP contribution in [-0.4, -0.2) is 11.9 Å². The quantitative estimate of drug-likeness (QED) is 0.708. The molecule has 0 heterocycles. The molecule has 0 fully saturated rings. The topological polar surface area (TPSA) is 29.1 Å².